The summed E-state index contributed by atoms with van der Waals surface area (Å²) in [6.07, 6.45) is 2.84. The van der Waals surface area contributed by atoms with E-state index >= 15 is 19.2 Å². The molecule has 1 fully saturated rings. The van der Waals surface area contributed by atoms with Crippen LogP contribution in [0.1, 0.15) is 173 Å². The summed E-state index contributed by atoms with van der Waals surface area (Å²) < 4.78 is 0. The van der Waals surface area contributed by atoms with Gasteiger partial charge in [-0.3, -0.25) is 62.3 Å². The summed E-state index contributed by atoms with van der Waals surface area (Å²) in [5, 5.41) is 29.0. The lowest BCUT2D eigenvalue weighted by Crippen LogP contribution is -2.63. The largest absolute Gasteiger partial charge is 0.390 e. The van der Waals surface area contributed by atoms with E-state index in [1.54, 1.807) is 84.0 Å². The first kappa shape index (κ1) is 88.1. The maximum atomic E-state index is 15.4. The van der Waals surface area contributed by atoms with Crippen LogP contribution in [0.25, 0.3) is 0 Å². The van der Waals surface area contributed by atoms with Gasteiger partial charge in [0.2, 0.25) is 70.9 Å². The van der Waals surface area contributed by atoms with Gasteiger partial charge in [-0.2, -0.15) is 0 Å². The molecule has 27 nitrogen and oxygen atoms in total. The molecule has 7 N–H and O–H groups in total. The van der Waals surface area contributed by atoms with E-state index in [9.17, 15) is 48.3 Å². The molecule has 1 aliphatic rings. The Hall–Kier alpha value is -7.97. The molecule has 13 amide bonds. The molecule has 0 radical (unpaired) electrons. The van der Waals surface area contributed by atoms with E-state index in [2.05, 4.69) is 31.9 Å². The van der Waals surface area contributed by atoms with Crippen LogP contribution in [0.4, 0.5) is 0 Å². The van der Waals surface area contributed by atoms with Crippen molar-refractivity contribution < 1.29 is 67.4 Å². The third-order valence-corrected chi connectivity index (χ3v) is 18.3. The standard InChI is InChI=1S/C73H123N13O14/c1-24-52-69(96)80(17)41-58(88)81(18)53(37-42(2)3)66(93)79-59(46(10)11)72(99)82(19)54(38-43(4)5)65(92)76-49(15)63(90)77-50(16)68(95)83(20)55(39-44(6)7)70(97)84(21)56(40-45(8)9)71(98)85(22)60(47(12)13)73(100)86(23)61(67(94)78-52)62(89)48(14)31-27-25-30-34-57(87)74-35-36-75-64(91)51-32-28-26-29-33-51/h25-29,32-33,42-50,52-56,59-62,89H,24,30-31,34-41H2,1-23H3,(H,74,87)(H,75,91)(H,76,92)(H,77,90)(H,78,94)(H,79,93)/b27-25+/t48-,49+,50-,52+,53+,54+,55+,56+,59+,60+,61+,62-/m1/s1. The lowest BCUT2D eigenvalue weighted by Gasteiger charge is -2.41. The van der Waals surface area contributed by atoms with Crippen molar-refractivity contribution in [3.8, 4) is 0 Å². The van der Waals surface area contributed by atoms with E-state index in [0.29, 0.717) is 12.0 Å². The summed E-state index contributed by atoms with van der Waals surface area (Å²) in [5.74, 6) is -11.0. The maximum Gasteiger partial charge on any atom is 0.251 e. The summed E-state index contributed by atoms with van der Waals surface area (Å²) in [6.45, 7) is 27.6. The summed E-state index contributed by atoms with van der Waals surface area (Å²) >= 11 is 0. The third-order valence-electron chi connectivity index (χ3n) is 18.3. The van der Waals surface area contributed by atoms with Crippen molar-refractivity contribution >= 4 is 76.8 Å². The second-order valence-corrected chi connectivity index (χ2v) is 29.5. The third kappa shape index (κ3) is 26.2. The van der Waals surface area contributed by atoms with E-state index in [1.807, 2.05) is 55.4 Å². The minimum atomic E-state index is -1.72. The van der Waals surface area contributed by atoms with Crippen molar-refractivity contribution in [3.63, 3.8) is 0 Å². The Balaban J connectivity index is 2.87. The minimum Gasteiger partial charge on any atom is -0.390 e. The average Bonchev–Trinajstić information content (AvgIpc) is 0.804. The van der Waals surface area contributed by atoms with Gasteiger partial charge in [-0.15, -0.1) is 0 Å². The SMILES string of the molecule is CC[C@@H]1NC(=O)[C@H]([C@H](O)[C@H](C)C/C=C/CCC(=O)NCCNC(=O)c2ccccc2)N(C)C(=O)[C@H](C(C)C)N(C)C(=O)[C@H](CC(C)C)N(C)C(=O)[C@H](CC(C)C)N(C)C(=O)[C@@H](C)NC(=O)[C@H](C)NC(=O)[C@H](CC(C)C)N(C)C(=O)[C@H](C(C)C)NC(=O)[C@H](CC(C)C)N(C)C(=O)CN(C)C1=O. The molecule has 564 valence electrons. The quantitative estimate of drug-likeness (QED) is 0.0645. The van der Waals surface area contributed by atoms with Gasteiger partial charge in [-0.25, -0.2) is 0 Å². The number of nitrogens with zero attached hydrogens (tertiary/aromatic N) is 7. The number of hydrogen-bond donors (Lipinski definition) is 7. The van der Waals surface area contributed by atoms with Crippen LogP contribution in [0.2, 0.25) is 0 Å². The molecule has 1 aromatic carbocycles. The van der Waals surface area contributed by atoms with Crippen LogP contribution in [-0.2, 0) is 57.5 Å². The van der Waals surface area contributed by atoms with Gasteiger partial charge in [0.15, 0.2) is 0 Å². The predicted molar refractivity (Wildman–Crippen MR) is 384 cm³/mol. The Kier molecular flexibility index (Phi) is 36.7. The van der Waals surface area contributed by atoms with E-state index in [-0.39, 0.29) is 93.5 Å². The number of carbonyl (C=O) groups excluding carboxylic acids is 13. The molecule has 1 aromatic rings. The fourth-order valence-corrected chi connectivity index (χ4v) is 12.1. The molecule has 0 unspecified atom stereocenters. The fraction of sp³-hybridized carbons (Fsp3) is 0.712. The van der Waals surface area contributed by atoms with Crippen LogP contribution in [0.5, 0.6) is 0 Å². The van der Waals surface area contributed by atoms with Crippen molar-refractivity contribution in [2.24, 2.45) is 41.4 Å². The molecule has 1 aliphatic heterocycles. The van der Waals surface area contributed by atoms with E-state index in [1.165, 1.54) is 87.7 Å². The van der Waals surface area contributed by atoms with Gasteiger partial charge in [0.25, 0.3) is 5.91 Å². The second-order valence-electron chi connectivity index (χ2n) is 29.5. The van der Waals surface area contributed by atoms with Crippen LogP contribution >= 0.6 is 0 Å². The van der Waals surface area contributed by atoms with Crippen molar-refractivity contribution in [1.82, 2.24) is 66.2 Å². The first-order chi connectivity index (χ1) is 46.5. The van der Waals surface area contributed by atoms with Crippen molar-refractivity contribution in [2.75, 3.05) is 69.0 Å². The number of hydrogen-bond acceptors (Lipinski definition) is 14. The predicted octanol–water partition coefficient (Wildman–Crippen LogP) is 3.58. The molecule has 27 heteroatoms. The van der Waals surface area contributed by atoms with Gasteiger partial charge in [0.05, 0.1) is 12.6 Å². The Labute approximate surface area is 595 Å². The number of nitrogens with one attached hydrogen (secondary N) is 6. The highest BCUT2D eigenvalue weighted by Gasteiger charge is 2.46. The first-order valence-corrected chi connectivity index (χ1v) is 35.5. The summed E-state index contributed by atoms with van der Waals surface area (Å²) in [7, 11) is 9.77. The van der Waals surface area contributed by atoms with Gasteiger partial charge in [-0.05, 0) is 112 Å². The molecular formula is C73H123N13O14. The topological polar surface area (TPSA) is 337 Å². The molecule has 12 atom stereocenters. The van der Waals surface area contributed by atoms with Crippen molar-refractivity contribution in [2.45, 2.75) is 229 Å². The van der Waals surface area contributed by atoms with Crippen LogP contribution < -0.4 is 31.9 Å². The number of allylic oxidation sites excluding steroid dienone is 2. The van der Waals surface area contributed by atoms with Gasteiger partial charge >= 0.3 is 0 Å². The average molecular weight is 1410 g/mol. The lowest BCUT2D eigenvalue weighted by molar-refractivity contribution is -0.157. The zero-order valence-corrected chi connectivity index (χ0v) is 64.1. The number of aliphatic hydroxyl groups is 1. The highest BCUT2D eigenvalue weighted by atomic mass is 16.3. The Morgan fingerprint density at radius 2 is 0.960 bits per heavy atom. The first-order valence-electron chi connectivity index (χ1n) is 35.5. The maximum absolute atomic E-state index is 15.4. The van der Waals surface area contributed by atoms with E-state index in [0.717, 1.165) is 9.80 Å². The van der Waals surface area contributed by atoms with Crippen LogP contribution in [0.3, 0.4) is 0 Å². The molecule has 0 saturated carbocycles. The molecule has 1 saturated heterocycles. The van der Waals surface area contributed by atoms with E-state index < -0.39 is 156 Å². The normalized spacial score (nSPS) is 24.5. The minimum absolute atomic E-state index is 0.0326. The molecule has 100 heavy (non-hydrogen) atoms. The lowest BCUT2D eigenvalue weighted by atomic mass is 9.91. The highest BCUT2D eigenvalue weighted by molar-refractivity contribution is 6.00. The molecule has 0 bridgehead atoms. The Morgan fingerprint density at radius 3 is 1.47 bits per heavy atom. The number of likely N-dealkylation sites (N-methyl/N-ethyl adjacent to an activating group) is 7. The summed E-state index contributed by atoms with van der Waals surface area (Å²) in [6, 6.07) is -4.16. The molecule has 1 heterocycles. The zero-order valence-electron chi connectivity index (χ0n) is 64.1. The van der Waals surface area contributed by atoms with Crippen LogP contribution in [0.15, 0.2) is 42.5 Å². The summed E-state index contributed by atoms with van der Waals surface area (Å²) in [4.78, 5) is 195. The van der Waals surface area contributed by atoms with Gasteiger partial charge in [0, 0.05) is 74.4 Å². The number of aliphatic hydroxyl groups excluding tert-OH is 1. The molecule has 0 aliphatic carbocycles. The number of carbonyl (C=O) groups is 13. The van der Waals surface area contributed by atoms with Crippen molar-refractivity contribution in [3.05, 3.63) is 48.0 Å². The van der Waals surface area contributed by atoms with Crippen LogP contribution in [0, 0.1) is 41.4 Å². The van der Waals surface area contributed by atoms with Gasteiger partial charge < -0.3 is 71.3 Å². The highest BCUT2D eigenvalue weighted by Crippen LogP contribution is 2.26. The van der Waals surface area contributed by atoms with Crippen molar-refractivity contribution in [1.29, 1.82) is 0 Å². The van der Waals surface area contributed by atoms with Gasteiger partial charge in [-0.1, -0.05) is 127 Å². The smallest absolute Gasteiger partial charge is 0.251 e. The second kappa shape index (κ2) is 41.7. The fourth-order valence-electron chi connectivity index (χ4n) is 12.1. The molecule has 0 spiro atoms. The Bertz CT molecular complexity index is 2960. The Morgan fingerprint density at radius 1 is 0.500 bits per heavy atom. The number of rotatable bonds is 22. The number of amides is 13. The molecule has 2 rings (SSSR count). The zero-order chi connectivity index (χ0) is 76.5. The van der Waals surface area contributed by atoms with E-state index in [4.69, 9.17) is 0 Å². The monoisotopic (exact) mass is 1410 g/mol. The summed E-state index contributed by atoms with van der Waals surface area (Å²) in [5.41, 5.74) is 0.489. The number of benzene rings is 1. The molecule has 0 aromatic heterocycles. The van der Waals surface area contributed by atoms with Crippen LogP contribution in [-0.4, -0.2) is 252 Å². The van der Waals surface area contributed by atoms with Gasteiger partial charge in [0.1, 0.15) is 60.4 Å². The molecular weight excluding hydrogens is 1280 g/mol.